The van der Waals surface area contributed by atoms with E-state index in [1.54, 1.807) is 0 Å². The number of rotatable bonds is 2. The number of aromatic carboxylic acids is 1. The molecule has 2 rings (SSSR count). The van der Waals surface area contributed by atoms with Gasteiger partial charge in [-0.3, -0.25) is 9.67 Å². The molecule has 19 heavy (non-hydrogen) atoms. The largest absolute Gasteiger partial charge is 0.478 e. The van der Waals surface area contributed by atoms with Crippen LogP contribution in [-0.4, -0.2) is 25.8 Å². The lowest BCUT2D eigenvalue weighted by Gasteiger charge is -2.07. The maximum atomic E-state index is 12.4. The monoisotopic (exact) mass is 271 g/mol. The quantitative estimate of drug-likeness (QED) is 0.909. The van der Waals surface area contributed by atoms with Gasteiger partial charge in [0.05, 0.1) is 17.5 Å². The van der Waals surface area contributed by atoms with E-state index in [1.165, 1.54) is 11.7 Å². The summed E-state index contributed by atoms with van der Waals surface area (Å²) in [5, 5.41) is 12.7. The molecule has 0 radical (unpaired) electrons. The number of halogens is 3. The fourth-order valence-corrected chi connectivity index (χ4v) is 1.60. The molecular formula is C11H8F3N3O2. The minimum absolute atomic E-state index is 0.116. The SMILES string of the molecule is Cn1ncc(C(=O)O)c1-c1ccc(C(F)(F)F)cn1. The molecule has 0 bridgehead atoms. The van der Waals surface area contributed by atoms with Crippen LogP contribution in [0.15, 0.2) is 24.5 Å². The highest BCUT2D eigenvalue weighted by Gasteiger charge is 2.31. The Morgan fingerprint density at radius 1 is 1.32 bits per heavy atom. The van der Waals surface area contributed by atoms with Crippen molar-refractivity contribution in [2.75, 3.05) is 0 Å². The van der Waals surface area contributed by atoms with Crippen molar-refractivity contribution in [1.82, 2.24) is 14.8 Å². The van der Waals surface area contributed by atoms with Gasteiger partial charge < -0.3 is 5.11 Å². The van der Waals surface area contributed by atoms with Gasteiger partial charge in [0, 0.05) is 13.2 Å². The molecule has 0 aromatic carbocycles. The zero-order chi connectivity index (χ0) is 14.2. The van der Waals surface area contributed by atoms with Crippen LogP contribution < -0.4 is 0 Å². The van der Waals surface area contributed by atoms with Gasteiger partial charge in [0.15, 0.2) is 0 Å². The van der Waals surface area contributed by atoms with Crippen molar-refractivity contribution in [3.8, 4) is 11.4 Å². The first-order chi connectivity index (χ1) is 8.80. The third kappa shape index (κ3) is 2.42. The summed E-state index contributed by atoms with van der Waals surface area (Å²) in [6.45, 7) is 0. The van der Waals surface area contributed by atoms with Gasteiger partial charge in [0.25, 0.3) is 0 Å². The second-order valence-electron chi connectivity index (χ2n) is 3.77. The first-order valence-corrected chi connectivity index (χ1v) is 5.09. The van der Waals surface area contributed by atoms with Crippen molar-refractivity contribution >= 4 is 5.97 Å². The number of carbonyl (C=O) groups is 1. The van der Waals surface area contributed by atoms with Crippen LogP contribution in [0, 0.1) is 0 Å². The zero-order valence-corrected chi connectivity index (χ0v) is 9.64. The first kappa shape index (κ1) is 13.1. The number of carboxylic acid groups (broad SMARTS) is 1. The molecular weight excluding hydrogens is 263 g/mol. The van der Waals surface area contributed by atoms with Gasteiger partial charge in [-0.2, -0.15) is 18.3 Å². The number of aryl methyl sites for hydroxylation is 1. The van der Waals surface area contributed by atoms with Crippen LogP contribution in [0.3, 0.4) is 0 Å². The summed E-state index contributed by atoms with van der Waals surface area (Å²) >= 11 is 0. The Hall–Kier alpha value is -2.38. The lowest BCUT2D eigenvalue weighted by molar-refractivity contribution is -0.137. The van der Waals surface area contributed by atoms with Gasteiger partial charge in [0.2, 0.25) is 0 Å². The van der Waals surface area contributed by atoms with Crippen molar-refractivity contribution in [1.29, 1.82) is 0 Å². The molecule has 100 valence electrons. The minimum Gasteiger partial charge on any atom is -0.478 e. The number of nitrogens with zero attached hydrogens (tertiary/aromatic N) is 3. The van der Waals surface area contributed by atoms with Crippen molar-refractivity contribution in [3.63, 3.8) is 0 Å². The average Bonchev–Trinajstić information content (AvgIpc) is 2.70. The lowest BCUT2D eigenvalue weighted by Crippen LogP contribution is -2.06. The minimum atomic E-state index is -4.48. The first-order valence-electron chi connectivity index (χ1n) is 5.09. The van der Waals surface area contributed by atoms with E-state index in [1.807, 2.05) is 0 Å². The Morgan fingerprint density at radius 3 is 2.47 bits per heavy atom. The number of pyridine rings is 1. The van der Waals surface area contributed by atoms with Crippen LogP contribution in [0.1, 0.15) is 15.9 Å². The lowest BCUT2D eigenvalue weighted by atomic mass is 10.1. The topological polar surface area (TPSA) is 68.0 Å². The number of aromatic nitrogens is 3. The molecule has 0 aliphatic heterocycles. The number of alkyl halides is 3. The van der Waals surface area contributed by atoms with Crippen LogP contribution >= 0.6 is 0 Å². The van der Waals surface area contributed by atoms with E-state index in [4.69, 9.17) is 5.11 Å². The maximum Gasteiger partial charge on any atom is 0.417 e. The highest BCUT2D eigenvalue weighted by atomic mass is 19.4. The summed E-state index contributed by atoms with van der Waals surface area (Å²) in [6.07, 6.45) is -2.70. The highest BCUT2D eigenvalue weighted by molar-refractivity contribution is 5.94. The van der Waals surface area contributed by atoms with Gasteiger partial charge in [-0.05, 0) is 12.1 Å². The number of carboxylic acids is 1. The molecule has 2 aromatic rings. The van der Waals surface area contributed by atoms with Crippen LogP contribution in [0.25, 0.3) is 11.4 Å². The Morgan fingerprint density at radius 2 is 2.00 bits per heavy atom. The van der Waals surface area contributed by atoms with E-state index in [-0.39, 0.29) is 17.0 Å². The van der Waals surface area contributed by atoms with Gasteiger partial charge in [-0.15, -0.1) is 0 Å². The number of hydrogen-bond donors (Lipinski definition) is 1. The summed E-state index contributed by atoms with van der Waals surface area (Å²) < 4.78 is 38.4. The molecule has 0 amide bonds. The van der Waals surface area contributed by atoms with E-state index >= 15 is 0 Å². The Labute approximate surface area is 105 Å². The highest BCUT2D eigenvalue weighted by Crippen LogP contribution is 2.30. The van der Waals surface area contributed by atoms with Crippen LogP contribution in [-0.2, 0) is 13.2 Å². The van der Waals surface area contributed by atoms with Gasteiger partial charge in [-0.25, -0.2) is 4.79 Å². The summed E-state index contributed by atoms with van der Waals surface area (Å²) in [6, 6.07) is 1.97. The second kappa shape index (κ2) is 4.38. The van der Waals surface area contributed by atoms with Crippen LogP contribution in [0.4, 0.5) is 13.2 Å². The zero-order valence-electron chi connectivity index (χ0n) is 9.64. The molecule has 0 unspecified atom stereocenters. The van der Waals surface area contributed by atoms with E-state index in [0.717, 1.165) is 18.3 Å². The van der Waals surface area contributed by atoms with Crippen molar-refractivity contribution in [2.45, 2.75) is 6.18 Å². The van der Waals surface area contributed by atoms with Gasteiger partial charge >= 0.3 is 12.1 Å². The molecule has 5 nitrogen and oxygen atoms in total. The predicted molar refractivity (Wildman–Crippen MR) is 58.4 cm³/mol. The molecule has 8 heteroatoms. The Balaban J connectivity index is 2.49. The van der Waals surface area contributed by atoms with Crippen molar-refractivity contribution in [2.24, 2.45) is 7.05 Å². The van der Waals surface area contributed by atoms with E-state index in [0.29, 0.717) is 6.20 Å². The van der Waals surface area contributed by atoms with Gasteiger partial charge in [-0.1, -0.05) is 0 Å². The maximum absolute atomic E-state index is 12.4. The van der Waals surface area contributed by atoms with Crippen molar-refractivity contribution in [3.05, 3.63) is 35.7 Å². The summed E-state index contributed by atoms with van der Waals surface area (Å²) in [5.41, 5.74) is -0.739. The fraction of sp³-hybridized carbons (Fsp3) is 0.182. The molecule has 0 saturated carbocycles. The molecule has 1 N–H and O–H groups in total. The Bertz CT molecular complexity index is 617. The fourth-order valence-electron chi connectivity index (χ4n) is 1.60. The molecule has 0 aliphatic carbocycles. The van der Waals surface area contributed by atoms with E-state index in [2.05, 4.69) is 10.1 Å². The molecule has 0 aliphatic rings. The molecule has 0 saturated heterocycles. The predicted octanol–water partition coefficient (Wildman–Crippen LogP) is 2.20. The summed E-state index contributed by atoms with van der Waals surface area (Å²) in [7, 11) is 1.49. The normalized spacial score (nSPS) is 11.6. The third-order valence-corrected chi connectivity index (χ3v) is 2.50. The molecule has 2 aromatic heterocycles. The summed E-state index contributed by atoms with van der Waals surface area (Å²) in [4.78, 5) is 14.6. The van der Waals surface area contributed by atoms with Crippen molar-refractivity contribution < 1.29 is 23.1 Å². The van der Waals surface area contributed by atoms with E-state index < -0.39 is 17.7 Å². The number of hydrogen-bond acceptors (Lipinski definition) is 3. The smallest absolute Gasteiger partial charge is 0.417 e. The second-order valence-corrected chi connectivity index (χ2v) is 3.77. The molecule has 0 fully saturated rings. The van der Waals surface area contributed by atoms with Gasteiger partial charge in [0.1, 0.15) is 11.3 Å². The molecule has 0 atom stereocenters. The molecule has 2 heterocycles. The molecule has 0 spiro atoms. The third-order valence-electron chi connectivity index (χ3n) is 2.50. The average molecular weight is 271 g/mol. The summed E-state index contributed by atoms with van der Waals surface area (Å²) in [5.74, 6) is -1.22. The van der Waals surface area contributed by atoms with E-state index in [9.17, 15) is 18.0 Å². The standard InChI is InChI=1S/C11H8F3N3O2/c1-17-9(7(5-16-17)10(18)19)8-3-2-6(4-15-8)11(12,13)14/h2-5H,1H3,(H,18,19). The Kier molecular flexibility index (Phi) is 3.01. The van der Waals surface area contributed by atoms with Crippen LogP contribution in [0.2, 0.25) is 0 Å². The van der Waals surface area contributed by atoms with Crippen LogP contribution in [0.5, 0.6) is 0 Å².